The summed E-state index contributed by atoms with van der Waals surface area (Å²) in [4.78, 5) is 35.8. The van der Waals surface area contributed by atoms with Gasteiger partial charge in [-0.2, -0.15) is 5.10 Å². The molecule has 2 amide bonds. The van der Waals surface area contributed by atoms with Crippen LogP contribution in [-0.4, -0.2) is 30.5 Å². The highest BCUT2D eigenvalue weighted by atomic mass is 35.5. The van der Waals surface area contributed by atoms with Gasteiger partial charge in [-0.1, -0.05) is 17.7 Å². The van der Waals surface area contributed by atoms with E-state index >= 15 is 0 Å². The summed E-state index contributed by atoms with van der Waals surface area (Å²) in [6, 6.07) is 17.7. The molecule has 0 radical (unpaired) electrons. The maximum atomic E-state index is 13.2. The molecule has 0 unspecified atom stereocenters. The number of hydrogen-bond acceptors (Lipinski definition) is 5. The number of nitrogens with one attached hydrogen (secondary N) is 2. The third-order valence-electron chi connectivity index (χ3n) is 4.07. The van der Waals surface area contributed by atoms with Crippen molar-refractivity contribution in [3.05, 3.63) is 100 Å². The molecule has 0 fully saturated rings. The van der Waals surface area contributed by atoms with Crippen LogP contribution in [-0.2, 0) is 4.79 Å². The molecule has 0 heterocycles. The van der Waals surface area contributed by atoms with Gasteiger partial charge in [0.2, 0.25) is 0 Å². The van der Waals surface area contributed by atoms with Gasteiger partial charge < -0.3 is 10.1 Å². The van der Waals surface area contributed by atoms with Crippen LogP contribution in [0.1, 0.15) is 26.3 Å². The number of benzene rings is 3. The van der Waals surface area contributed by atoms with Gasteiger partial charge in [0.25, 0.3) is 11.8 Å². The first kappa shape index (κ1) is 22.6. The molecule has 9 heteroatoms. The zero-order chi connectivity index (χ0) is 22.9. The van der Waals surface area contributed by atoms with Crippen molar-refractivity contribution in [2.45, 2.75) is 0 Å². The van der Waals surface area contributed by atoms with Crippen molar-refractivity contribution in [2.24, 2.45) is 5.10 Å². The lowest BCUT2D eigenvalue weighted by Crippen LogP contribution is -2.34. The van der Waals surface area contributed by atoms with E-state index in [1.165, 1.54) is 36.5 Å². The van der Waals surface area contributed by atoms with Crippen LogP contribution in [0.3, 0.4) is 0 Å². The minimum Gasteiger partial charge on any atom is -0.423 e. The first-order valence-corrected chi connectivity index (χ1v) is 9.72. The fraction of sp³-hybridized carbons (Fsp3) is 0.0435. The summed E-state index contributed by atoms with van der Waals surface area (Å²) in [5.41, 5.74) is 3.40. The van der Waals surface area contributed by atoms with Crippen LogP contribution in [0.2, 0.25) is 5.02 Å². The van der Waals surface area contributed by atoms with Crippen LogP contribution in [0, 0.1) is 5.82 Å². The topological polar surface area (TPSA) is 96.9 Å². The van der Waals surface area contributed by atoms with E-state index in [9.17, 15) is 18.8 Å². The molecule has 32 heavy (non-hydrogen) atoms. The van der Waals surface area contributed by atoms with E-state index in [0.29, 0.717) is 16.1 Å². The molecule has 0 bridgehead atoms. The van der Waals surface area contributed by atoms with Crippen molar-refractivity contribution in [1.29, 1.82) is 0 Å². The number of rotatable bonds is 7. The lowest BCUT2D eigenvalue weighted by atomic mass is 10.2. The number of halogens is 2. The zero-order valence-electron chi connectivity index (χ0n) is 16.5. The number of hydrogen-bond donors (Lipinski definition) is 2. The monoisotopic (exact) mass is 453 g/mol. The summed E-state index contributed by atoms with van der Waals surface area (Å²) in [5.74, 6) is -1.87. The van der Waals surface area contributed by atoms with Gasteiger partial charge in [0.05, 0.1) is 18.3 Å². The summed E-state index contributed by atoms with van der Waals surface area (Å²) >= 11 is 5.77. The Morgan fingerprint density at radius 3 is 2.38 bits per heavy atom. The number of esters is 1. The Bertz CT molecular complexity index is 1150. The number of carbonyl (C=O) groups is 3. The van der Waals surface area contributed by atoms with Crippen molar-refractivity contribution in [3.63, 3.8) is 0 Å². The van der Waals surface area contributed by atoms with Crippen molar-refractivity contribution in [1.82, 2.24) is 10.7 Å². The van der Waals surface area contributed by atoms with E-state index in [2.05, 4.69) is 15.8 Å². The second-order valence-corrected chi connectivity index (χ2v) is 6.89. The standard InChI is InChI=1S/C23H17ClFN3O4/c24-18-8-6-16(7-9-18)22(30)26-14-21(29)28-27-13-15-4-10-20(11-5-15)32-23(31)17-2-1-3-19(25)12-17/h1-13H,14H2,(H,26,30)(H,28,29)/b27-13+. The second kappa shape index (κ2) is 10.8. The number of amides is 2. The van der Waals surface area contributed by atoms with Gasteiger partial charge in [0.1, 0.15) is 11.6 Å². The maximum Gasteiger partial charge on any atom is 0.343 e. The van der Waals surface area contributed by atoms with Gasteiger partial charge in [-0.3, -0.25) is 9.59 Å². The SMILES string of the molecule is O=C(CNC(=O)c1ccc(Cl)cc1)N/N=C/c1ccc(OC(=O)c2cccc(F)c2)cc1. The lowest BCUT2D eigenvalue weighted by molar-refractivity contribution is -0.120. The van der Waals surface area contributed by atoms with E-state index in [4.69, 9.17) is 16.3 Å². The third kappa shape index (κ3) is 6.75. The predicted octanol–water partition coefficient (Wildman–Crippen LogP) is 3.58. The van der Waals surface area contributed by atoms with Gasteiger partial charge in [0.15, 0.2) is 0 Å². The quantitative estimate of drug-likeness (QED) is 0.247. The van der Waals surface area contributed by atoms with Crippen molar-refractivity contribution in [3.8, 4) is 5.75 Å². The molecule has 0 saturated heterocycles. The minimum atomic E-state index is -0.682. The molecule has 0 saturated carbocycles. The highest BCUT2D eigenvalue weighted by molar-refractivity contribution is 6.30. The second-order valence-electron chi connectivity index (χ2n) is 6.45. The largest absolute Gasteiger partial charge is 0.423 e. The predicted molar refractivity (Wildman–Crippen MR) is 117 cm³/mol. The number of carbonyl (C=O) groups excluding carboxylic acids is 3. The number of hydrazone groups is 1. The molecule has 0 aliphatic carbocycles. The van der Waals surface area contributed by atoms with Crippen LogP contribution >= 0.6 is 11.6 Å². The van der Waals surface area contributed by atoms with Crippen LogP contribution in [0.25, 0.3) is 0 Å². The lowest BCUT2D eigenvalue weighted by Gasteiger charge is -2.05. The zero-order valence-corrected chi connectivity index (χ0v) is 17.3. The molecule has 0 atom stereocenters. The molecule has 2 N–H and O–H groups in total. The molecule has 7 nitrogen and oxygen atoms in total. The Balaban J connectivity index is 1.45. The van der Waals surface area contributed by atoms with Crippen molar-refractivity contribution < 1.29 is 23.5 Å². The fourth-order valence-electron chi connectivity index (χ4n) is 2.49. The Labute approximate surface area is 187 Å². The molecular weight excluding hydrogens is 437 g/mol. The molecule has 0 spiro atoms. The smallest absolute Gasteiger partial charge is 0.343 e. The number of nitrogens with zero attached hydrogens (tertiary/aromatic N) is 1. The average molecular weight is 454 g/mol. The van der Waals surface area contributed by atoms with Gasteiger partial charge in [-0.05, 0) is 72.3 Å². The highest BCUT2D eigenvalue weighted by Crippen LogP contribution is 2.14. The molecule has 162 valence electrons. The molecular formula is C23H17ClFN3O4. The van der Waals surface area contributed by atoms with Gasteiger partial charge in [-0.15, -0.1) is 0 Å². The summed E-state index contributed by atoms with van der Waals surface area (Å²) < 4.78 is 18.4. The summed E-state index contributed by atoms with van der Waals surface area (Å²) in [7, 11) is 0. The summed E-state index contributed by atoms with van der Waals surface area (Å²) in [5, 5.41) is 6.78. The maximum absolute atomic E-state index is 13.2. The number of ether oxygens (including phenoxy) is 1. The minimum absolute atomic E-state index is 0.0986. The van der Waals surface area contributed by atoms with Gasteiger partial charge in [-0.25, -0.2) is 14.6 Å². The first-order valence-electron chi connectivity index (χ1n) is 9.34. The Kier molecular flexibility index (Phi) is 7.66. The van der Waals surface area contributed by atoms with Crippen molar-refractivity contribution in [2.75, 3.05) is 6.54 Å². The highest BCUT2D eigenvalue weighted by Gasteiger charge is 2.09. The van der Waals surface area contributed by atoms with E-state index in [-0.39, 0.29) is 17.9 Å². The fourth-order valence-corrected chi connectivity index (χ4v) is 2.61. The van der Waals surface area contributed by atoms with Crippen LogP contribution in [0.4, 0.5) is 4.39 Å². The molecule has 3 aromatic rings. The van der Waals surface area contributed by atoms with Crippen LogP contribution in [0.15, 0.2) is 77.9 Å². The molecule has 0 aromatic heterocycles. The molecule has 3 rings (SSSR count). The van der Waals surface area contributed by atoms with E-state index in [1.54, 1.807) is 36.4 Å². The average Bonchev–Trinajstić information content (AvgIpc) is 2.79. The van der Waals surface area contributed by atoms with Crippen molar-refractivity contribution >= 4 is 35.6 Å². The van der Waals surface area contributed by atoms with Gasteiger partial charge in [0, 0.05) is 10.6 Å². The Morgan fingerprint density at radius 2 is 1.69 bits per heavy atom. The van der Waals surface area contributed by atoms with E-state index in [1.807, 2.05) is 0 Å². The molecule has 3 aromatic carbocycles. The first-order chi connectivity index (χ1) is 15.4. The summed E-state index contributed by atoms with van der Waals surface area (Å²) in [6.07, 6.45) is 1.39. The Morgan fingerprint density at radius 1 is 0.969 bits per heavy atom. The normalized spacial score (nSPS) is 10.6. The molecule has 0 aliphatic heterocycles. The van der Waals surface area contributed by atoms with Crippen LogP contribution in [0.5, 0.6) is 5.75 Å². The van der Waals surface area contributed by atoms with Gasteiger partial charge >= 0.3 is 5.97 Å². The van der Waals surface area contributed by atoms with E-state index < -0.39 is 23.6 Å². The third-order valence-corrected chi connectivity index (χ3v) is 4.32. The van der Waals surface area contributed by atoms with Crippen LogP contribution < -0.4 is 15.5 Å². The molecule has 0 aliphatic rings. The van der Waals surface area contributed by atoms with E-state index in [0.717, 1.165) is 6.07 Å². The summed E-state index contributed by atoms with van der Waals surface area (Å²) in [6.45, 7) is -0.256. The Hall–Kier alpha value is -4.04.